The number of ketones is 1. The number of Topliss-reactive ketones (excluding diaryl/α,β-unsaturated/α-hetero) is 1. The Labute approximate surface area is 136 Å². The molecule has 0 unspecified atom stereocenters. The van der Waals surface area contributed by atoms with Crippen LogP contribution in [0.2, 0.25) is 0 Å². The smallest absolute Gasteiger partial charge is 0.200 e. The molecule has 0 spiro atoms. The molecule has 0 aliphatic rings. The largest absolute Gasteiger partial charge is 0.496 e. The number of carbonyl (C=O) groups excluding carboxylic acids is 1. The van der Waals surface area contributed by atoms with Crippen LogP contribution in [-0.4, -0.2) is 34.8 Å². The number of hydrogen-bond acceptors (Lipinski definition) is 4. The zero-order chi connectivity index (χ0) is 16.9. The highest BCUT2D eigenvalue weighted by Crippen LogP contribution is 2.26. The molecule has 0 aliphatic carbocycles. The zero-order valence-electron chi connectivity index (χ0n) is 13.4. The summed E-state index contributed by atoms with van der Waals surface area (Å²) in [5.41, 5.74) is -0.561. The van der Waals surface area contributed by atoms with Crippen LogP contribution in [0.5, 0.6) is 5.75 Å². The summed E-state index contributed by atoms with van der Waals surface area (Å²) < 4.78 is 5.16. The van der Waals surface area contributed by atoms with Crippen molar-refractivity contribution in [2.24, 2.45) is 0 Å². The molecular weight excluding hydrogens is 292 g/mol. The van der Waals surface area contributed by atoms with Gasteiger partial charge in [0.2, 0.25) is 0 Å². The summed E-state index contributed by atoms with van der Waals surface area (Å²) in [6.07, 6.45) is -0.296. The third kappa shape index (κ3) is 3.97. The lowest BCUT2D eigenvalue weighted by Crippen LogP contribution is -2.47. The topological polar surface area (TPSA) is 66.8 Å². The normalized spacial score (nSPS) is 14.8. The van der Waals surface area contributed by atoms with Crippen LogP contribution in [-0.2, 0) is 6.42 Å². The van der Waals surface area contributed by atoms with Crippen LogP contribution in [0.1, 0.15) is 29.3 Å². The van der Waals surface area contributed by atoms with E-state index in [2.05, 4.69) is 0 Å². The van der Waals surface area contributed by atoms with Gasteiger partial charge in [-0.25, -0.2) is 0 Å². The Bertz CT molecular complexity index is 649. The molecule has 0 saturated heterocycles. The number of aliphatic hydroxyl groups is 2. The van der Waals surface area contributed by atoms with Crippen molar-refractivity contribution in [2.45, 2.75) is 31.5 Å². The SMILES string of the molecule is COc1ccccc1C(=O)[C@](C)(O)[C@@H](O)CCc1ccccc1. The summed E-state index contributed by atoms with van der Waals surface area (Å²) in [5, 5.41) is 20.9. The van der Waals surface area contributed by atoms with Gasteiger partial charge in [-0.05, 0) is 37.5 Å². The van der Waals surface area contributed by atoms with E-state index in [1.807, 2.05) is 30.3 Å². The van der Waals surface area contributed by atoms with Gasteiger partial charge in [0.25, 0.3) is 0 Å². The van der Waals surface area contributed by atoms with Gasteiger partial charge in [0.1, 0.15) is 5.75 Å². The summed E-state index contributed by atoms with van der Waals surface area (Å²) in [4.78, 5) is 12.6. The highest BCUT2D eigenvalue weighted by atomic mass is 16.5. The van der Waals surface area contributed by atoms with Crippen LogP contribution in [0.4, 0.5) is 0 Å². The first-order valence-corrected chi connectivity index (χ1v) is 7.59. The van der Waals surface area contributed by atoms with Crippen molar-refractivity contribution in [1.82, 2.24) is 0 Å². The van der Waals surface area contributed by atoms with Gasteiger partial charge in [-0.2, -0.15) is 0 Å². The number of ether oxygens (including phenoxy) is 1. The molecule has 0 heterocycles. The Balaban J connectivity index is 2.11. The van der Waals surface area contributed by atoms with Crippen LogP contribution < -0.4 is 4.74 Å². The highest BCUT2D eigenvalue weighted by Gasteiger charge is 2.39. The monoisotopic (exact) mass is 314 g/mol. The third-order valence-electron chi connectivity index (χ3n) is 4.01. The lowest BCUT2D eigenvalue weighted by atomic mass is 9.86. The molecule has 2 atom stereocenters. The van der Waals surface area contributed by atoms with Gasteiger partial charge >= 0.3 is 0 Å². The predicted octanol–water partition coefficient (Wildman–Crippen LogP) is 2.62. The molecule has 0 saturated carbocycles. The summed E-state index contributed by atoms with van der Waals surface area (Å²) in [6.45, 7) is 1.34. The molecule has 122 valence electrons. The second-order valence-corrected chi connectivity index (χ2v) is 5.72. The number of carbonyl (C=O) groups is 1. The molecule has 0 radical (unpaired) electrons. The molecule has 0 amide bonds. The molecule has 0 aromatic heterocycles. The fourth-order valence-electron chi connectivity index (χ4n) is 2.49. The highest BCUT2D eigenvalue weighted by molar-refractivity contribution is 6.04. The molecule has 0 aliphatic heterocycles. The number of rotatable bonds is 7. The van der Waals surface area contributed by atoms with Gasteiger partial charge in [-0.1, -0.05) is 42.5 Å². The maximum absolute atomic E-state index is 12.6. The van der Waals surface area contributed by atoms with E-state index in [0.29, 0.717) is 12.2 Å². The minimum Gasteiger partial charge on any atom is -0.496 e. The zero-order valence-corrected chi connectivity index (χ0v) is 13.4. The van der Waals surface area contributed by atoms with Gasteiger partial charge in [-0.15, -0.1) is 0 Å². The molecule has 4 nitrogen and oxygen atoms in total. The third-order valence-corrected chi connectivity index (χ3v) is 4.01. The first kappa shape index (κ1) is 17.2. The Morgan fingerprint density at radius 1 is 1.13 bits per heavy atom. The minimum atomic E-state index is -1.87. The van der Waals surface area contributed by atoms with Gasteiger partial charge < -0.3 is 14.9 Å². The van der Waals surface area contributed by atoms with Crippen LogP contribution in [0, 0.1) is 0 Å². The molecule has 2 rings (SSSR count). The molecule has 0 fully saturated rings. The Hall–Kier alpha value is -2.17. The Morgan fingerprint density at radius 2 is 1.74 bits per heavy atom. The van der Waals surface area contributed by atoms with Crippen molar-refractivity contribution < 1.29 is 19.7 Å². The second kappa shape index (κ2) is 7.40. The first-order valence-electron chi connectivity index (χ1n) is 7.59. The van der Waals surface area contributed by atoms with Crippen LogP contribution in [0.3, 0.4) is 0 Å². The molecule has 2 N–H and O–H groups in total. The number of aryl methyl sites for hydroxylation is 1. The predicted molar refractivity (Wildman–Crippen MR) is 88.7 cm³/mol. The number of hydrogen-bond donors (Lipinski definition) is 2. The maximum Gasteiger partial charge on any atom is 0.200 e. The average Bonchev–Trinajstić information content (AvgIpc) is 2.59. The average molecular weight is 314 g/mol. The summed E-state index contributed by atoms with van der Waals surface area (Å²) in [7, 11) is 1.46. The van der Waals surface area contributed by atoms with E-state index < -0.39 is 17.5 Å². The molecule has 2 aromatic rings. The van der Waals surface area contributed by atoms with Crippen molar-refractivity contribution in [2.75, 3.05) is 7.11 Å². The number of benzene rings is 2. The van der Waals surface area contributed by atoms with Crippen LogP contribution in [0.25, 0.3) is 0 Å². The van der Waals surface area contributed by atoms with E-state index in [9.17, 15) is 15.0 Å². The fraction of sp³-hybridized carbons (Fsp3) is 0.316. The van der Waals surface area contributed by atoms with Crippen molar-refractivity contribution >= 4 is 5.78 Å². The summed E-state index contributed by atoms with van der Waals surface area (Å²) in [6, 6.07) is 16.3. The lowest BCUT2D eigenvalue weighted by Gasteiger charge is -2.28. The van der Waals surface area contributed by atoms with Gasteiger partial charge in [0.15, 0.2) is 11.4 Å². The number of methoxy groups -OCH3 is 1. The minimum absolute atomic E-state index is 0.263. The van der Waals surface area contributed by atoms with E-state index >= 15 is 0 Å². The van der Waals surface area contributed by atoms with E-state index in [4.69, 9.17) is 4.74 Å². The van der Waals surface area contributed by atoms with Gasteiger partial charge in [-0.3, -0.25) is 4.79 Å². The Morgan fingerprint density at radius 3 is 2.39 bits per heavy atom. The quantitative estimate of drug-likeness (QED) is 0.771. The van der Waals surface area contributed by atoms with E-state index in [1.165, 1.54) is 14.0 Å². The molecule has 4 heteroatoms. The summed E-state index contributed by atoms with van der Waals surface area (Å²) >= 11 is 0. The number of para-hydroxylation sites is 1. The summed E-state index contributed by atoms with van der Waals surface area (Å²) in [5.74, 6) is -0.163. The van der Waals surface area contributed by atoms with E-state index in [-0.39, 0.29) is 12.0 Å². The van der Waals surface area contributed by atoms with E-state index in [0.717, 1.165) is 5.56 Å². The van der Waals surface area contributed by atoms with Crippen molar-refractivity contribution in [3.8, 4) is 5.75 Å². The lowest BCUT2D eigenvalue weighted by molar-refractivity contribution is -0.0424. The maximum atomic E-state index is 12.6. The second-order valence-electron chi connectivity index (χ2n) is 5.72. The molecule has 23 heavy (non-hydrogen) atoms. The first-order chi connectivity index (χ1) is 11.0. The van der Waals surface area contributed by atoms with Crippen molar-refractivity contribution in [1.29, 1.82) is 0 Å². The molecule has 0 bridgehead atoms. The van der Waals surface area contributed by atoms with Crippen molar-refractivity contribution in [3.63, 3.8) is 0 Å². The molecule has 2 aromatic carbocycles. The molecular formula is C19H22O4. The standard InChI is InChI=1S/C19H22O4/c1-19(22,17(20)13-12-14-8-4-3-5-9-14)18(21)15-10-6-7-11-16(15)23-2/h3-11,17,20,22H,12-13H2,1-2H3/t17-,19+/m0/s1. The van der Waals surface area contributed by atoms with Gasteiger partial charge in [0, 0.05) is 0 Å². The number of aliphatic hydroxyl groups excluding tert-OH is 1. The van der Waals surface area contributed by atoms with Crippen LogP contribution >= 0.6 is 0 Å². The van der Waals surface area contributed by atoms with Crippen molar-refractivity contribution in [3.05, 3.63) is 65.7 Å². The van der Waals surface area contributed by atoms with Crippen LogP contribution in [0.15, 0.2) is 54.6 Å². The van der Waals surface area contributed by atoms with E-state index in [1.54, 1.807) is 24.3 Å². The Kier molecular flexibility index (Phi) is 5.53. The van der Waals surface area contributed by atoms with Gasteiger partial charge in [0.05, 0.1) is 18.8 Å². The fourth-order valence-corrected chi connectivity index (χ4v) is 2.49.